The molecule has 1 aromatic carbocycles. The van der Waals surface area contributed by atoms with Gasteiger partial charge in [0.2, 0.25) is 12.3 Å². The number of carbonyl (C=O) groups is 7. The number of imide groups is 2. The van der Waals surface area contributed by atoms with E-state index in [2.05, 4.69) is 10.6 Å². The minimum atomic E-state index is -1.34. The third-order valence-electron chi connectivity index (χ3n) is 6.04. The summed E-state index contributed by atoms with van der Waals surface area (Å²) in [5, 5.41) is 14.2. The zero-order valence-corrected chi connectivity index (χ0v) is 20.9. The largest absolute Gasteiger partial charge is 0.477 e. The van der Waals surface area contributed by atoms with Gasteiger partial charge in [-0.2, -0.15) is 0 Å². The second kappa shape index (κ2) is 10.9. The number of hydrogen-bond donors (Lipinski definition) is 3. The number of aliphatic carboxylic acids is 1. The first-order valence-corrected chi connectivity index (χ1v) is 12.4. The summed E-state index contributed by atoms with van der Waals surface area (Å²) in [5.74, 6) is -2.88. The average molecular weight is 546 g/mol. The average Bonchev–Trinajstić information content (AvgIpc) is 3.26. The number of hydrogen-bond acceptors (Lipinski definition) is 9. The number of nitrogens with zero attached hydrogens (tertiary/aromatic N) is 3. The summed E-state index contributed by atoms with van der Waals surface area (Å²) in [6, 6.07) is 3.94. The first-order valence-electron chi connectivity index (χ1n) is 11.4. The third-order valence-corrected chi connectivity index (χ3v) is 7.38. The molecule has 7 amide bonds. The molecule has 2 fully saturated rings. The summed E-state index contributed by atoms with van der Waals surface area (Å²) in [7, 11) is 0. The monoisotopic (exact) mass is 545 g/mol. The minimum Gasteiger partial charge on any atom is -0.477 e. The molecule has 0 bridgehead atoms. The number of benzene rings is 1. The highest BCUT2D eigenvalue weighted by Gasteiger charge is 2.54. The number of ether oxygens (including phenoxy) is 1. The fraction of sp³-hybridized carbons (Fsp3) is 0.348. The Balaban J connectivity index is 1.40. The molecule has 0 spiro atoms. The summed E-state index contributed by atoms with van der Waals surface area (Å²) in [5.41, 5.74) is 0.699. The van der Waals surface area contributed by atoms with Gasteiger partial charge in [0.15, 0.2) is 0 Å². The molecule has 38 heavy (non-hydrogen) atoms. The number of esters is 1. The number of β-lactam (4-membered cyclic amide) rings is 1. The topological polar surface area (TPSA) is 183 Å². The van der Waals surface area contributed by atoms with Crippen LogP contribution in [-0.4, -0.2) is 98.9 Å². The maximum atomic E-state index is 12.8. The first-order chi connectivity index (χ1) is 18.1. The summed E-state index contributed by atoms with van der Waals surface area (Å²) in [6.45, 7) is 1.04. The molecule has 3 aliphatic heterocycles. The van der Waals surface area contributed by atoms with E-state index in [-0.39, 0.29) is 48.8 Å². The lowest BCUT2D eigenvalue weighted by Crippen LogP contribution is -2.70. The lowest BCUT2D eigenvalue weighted by Gasteiger charge is -2.49. The minimum absolute atomic E-state index is 0.0285. The van der Waals surface area contributed by atoms with Gasteiger partial charge in [-0.05, 0) is 11.6 Å². The van der Waals surface area contributed by atoms with Gasteiger partial charge in [-0.3, -0.25) is 29.0 Å². The Morgan fingerprint density at radius 2 is 1.92 bits per heavy atom. The summed E-state index contributed by atoms with van der Waals surface area (Å²) >= 11 is 1.24. The molecule has 0 saturated carbocycles. The number of urea groups is 2. The number of rotatable bonds is 8. The number of thioether (sulfide) groups is 1. The van der Waals surface area contributed by atoms with Gasteiger partial charge in [0.25, 0.3) is 5.91 Å². The van der Waals surface area contributed by atoms with Gasteiger partial charge in [-0.1, -0.05) is 18.2 Å². The van der Waals surface area contributed by atoms with Crippen molar-refractivity contribution in [2.24, 2.45) is 0 Å². The van der Waals surface area contributed by atoms with Gasteiger partial charge in [-0.25, -0.2) is 19.3 Å². The summed E-state index contributed by atoms with van der Waals surface area (Å²) in [4.78, 5) is 86.9. The van der Waals surface area contributed by atoms with Crippen molar-refractivity contribution < 1.29 is 43.4 Å². The van der Waals surface area contributed by atoms with Crippen LogP contribution < -0.4 is 10.6 Å². The van der Waals surface area contributed by atoms with Crippen LogP contribution in [0.25, 0.3) is 0 Å². The van der Waals surface area contributed by atoms with Crippen molar-refractivity contribution in [2.45, 2.75) is 24.8 Å². The molecule has 3 N–H and O–H groups in total. The molecule has 0 aromatic heterocycles. The van der Waals surface area contributed by atoms with Crippen molar-refractivity contribution in [3.05, 3.63) is 41.1 Å². The third kappa shape index (κ3) is 5.18. The Bertz CT molecular complexity index is 1270. The maximum Gasteiger partial charge on any atom is 0.352 e. The molecule has 1 aromatic rings. The molecule has 0 aliphatic carbocycles. The highest BCUT2D eigenvalue weighted by Crippen LogP contribution is 2.40. The van der Waals surface area contributed by atoms with Crippen LogP contribution in [0.2, 0.25) is 0 Å². The van der Waals surface area contributed by atoms with Crippen molar-refractivity contribution in [3.63, 3.8) is 0 Å². The number of carbonyl (C=O) groups excluding carboxylic acids is 6. The lowest BCUT2D eigenvalue weighted by molar-refractivity contribution is -0.151. The smallest absolute Gasteiger partial charge is 0.352 e. The second-order valence-corrected chi connectivity index (χ2v) is 9.59. The number of anilines is 1. The van der Waals surface area contributed by atoms with Gasteiger partial charge in [0, 0.05) is 30.5 Å². The van der Waals surface area contributed by atoms with E-state index in [9.17, 15) is 38.7 Å². The summed E-state index contributed by atoms with van der Waals surface area (Å²) in [6.07, 6.45) is 0.128. The maximum absolute atomic E-state index is 12.8. The molecule has 14 nitrogen and oxygen atoms in total. The van der Waals surface area contributed by atoms with Gasteiger partial charge in [0.1, 0.15) is 23.7 Å². The van der Waals surface area contributed by atoms with Crippen molar-refractivity contribution in [3.8, 4) is 0 Å². The van der Waals surface area contributed by atoms with Crippen LogP contribution in [0, 0.1) is 0 Å². The molecule has 3 heterocycles. The normalized spacial score (nSPS) is 20.5. The highest BCUT2D eigenvalue weighted by molar-refractivity contribution is 8.00. The van der Waals surface area contributed by atoms with E-state index in [1.807, 2.05) is 0 Å². The van der Waals surface area contributed by atoms with Crippen LogP contribution in [0.3, 0.4) is 0 Å². The molecule has 200 valence electrons. The first kappa shape index (κ1) is 26.7. The Hall–Kier alpha value is -4.40. The number of para-hydroxylation sites is 1. The van der Waals surface area contributed by atoms with E-state index in [1.54, 1.807) is 24.3 Å². The van der Waals surface area contributed by atoms with E-state index in [0.29, 0.717) is 12.0 Å². The standard InChI is InChI=1S/C23H23N5O9S/c1-12(30)37-9-14-10-38-20-17(19(32)28(20)18(14)21(33)34)25-16(31)8-13-4-2-3-5-15(13)24-22(35)27-7-6-26(11-29)23(27)36/h2-5,11,17,20H,6-10H2,1H3,(H,24,35)(H,25,31)(H,33,34)/t17?,20-/m1/s1. The van der Waals surface area contributed by atoms with Crippen molar-refractivity contribution >= 4 is 59.7 Å². The predicted molar refractivity (Wildman–Crippen MR) is 130 cm³/mol. The van der Waals surface area contributed by atoms with Crippen LogP contribution in [0.1, 0.15) is 12.5 Å². The van der Waals surface area contributed by atoms with Crippen LogP contribution in [0.4, 0.5) is 15.3 Å². The van der Waals surface area contributed by atoms with Gasteiger partial charge >= 0.3 is 24.0 Å². The van der Waals surface area contributed by atoms with E-state index in [4.69, 9.17) is 4.74 Å². The number of carboxylic acids is 1. The van der Waals surface area contributed by atoms with Gasteiger partial charge in [0.05, 0.1) is 13.0 Å². The molecule has 15 heteroatoms. The zero-order chi connectivity index (χ0) is 27.6. The van der Waals surface area contributed by atoms with Crippen molar-refractivity contribution in [1.82, 2.24) is 20.0 Å². The Labute approximate surface area is 219 Å². The number of fused-ring (bicyclic) bond motifs is 1. The van der Waals surface area contributed by atoms with E-state index >= 15 is 0 Å². The molecular weight excluding hydrogens is 522 g/mol. The SMILES string of the molecule is CC(=O)OCC1=C(C(=O)O)N2C(=O)C(NC(=O)Cc3ccccc3NC(=O)N3CCN(C=O)C3=O)[C@H]2SC1. The van der Waals surface area contributed by atoms with Crippen LogP contribution >= 0.6 is 11.8 Å². The van der Waals surface area contributed by atoms with Gasteiger partial charge in [-0.15, -0.1) is 11.8 Å². The van der Waals surface area contributed by atoms with Crippen molar-refractivity contribution in [2.75, 3.05) is 30.8 Å². The fourth-order valence-corrected chi connectivity index (χ4v) is 5.53. The fourth-order valence-electron chi connectivity index (χ4n) is 4.20. The molecule has 4 rings (SSSR count). The molecule has 2 saturated heterocycles. The van der Waals surface area contributed by atoms with E-state index in [0.717, 1.165) is 14.7 Å². The number of carboxylic acid groups (broad SMARTS) is 1. The molecule has 2 atom stereocenters. The van der Waals surface area contributed by atoms with Crippen molar-refractivity contribution in [1.29, 1.82) is 0 Å². The van der Waals surface area contributed by atoms with Crippen LogP contribution in [0.15, 0.2) is 35.5 Å². The summed E-state index contributed by atoms with van der Waals surface area (Å²) < 4.78 is 4.90. The van der Waals surface area contributed by atoms with E-state index < -0.39 is 47.2 Å². The Morgan fingerprint density at radius 1 is 1.18 bits per heavy atom. The molecule has 1 unspecified atom stereocenters. The molecule has 3 aliphatic rings. The highest BCUT2D eigenvalue weighted by atomic mass is 32.2. The molecule has 0 radical (unpaired) electrons. The quantitative estimate of drug-likeness (QED) is 0.228. The van der Waals surface area contributed by atoms with Crippen LogP contribution in [0.5, 0.6) is 0 Å². The second-order valence-electron chi connectivity index (χ2n) is 8.49. The molecular formula is C23H23N5O9S. The number of nitrogens with one attached hydrogen (secondary N) is 2. The lowest BCUT2D eigenvalue weighted by atomic mass is 10.0. The Kier molecular flexibility index (Phi) is 7.66. The van der Waals surface area contributed by atoms with Gasteiger partial charge < -0.3 is 20.5 Å². The number of amides is 7. The zero-order valence-electron chi connectivity index (χ0n) is 20.0. The predicted octanol–water partition coefficient (Wildman–Crippen LogP) is -0.0433. The van der Waals surface area contributed by atoms with Crippen LogP contribution in [-0.2, 0) is 35.1 Å². The Morgan fingerprint density at radius 3 is 2.58 bits per heavy atom. The van der Waals surface area contributed by atoms with E-state index in [1.165, 1.54) is 18.7 Å².